The number of aryl methyl sites for hydroxylation is 1. The van der Waals surface area contributed by atoms with E-state index in [1.807, 2.05) is 6.07 Å². The molecule has 0 saturated carbocycles. The zero-order valence-corrected chi connectivity index (χ0v) is 12.5. The van der Waals surface area contributed by atoms with Crippen molar-refractivity contribution < 1.29 is 4.74 Å². The summed E-state index contributed by atoms with van der Waals surface area (Å²) in [4.78, 5) is 0. The first kappa shape index (κ1) is 14.7. The number of anilines is 1. The molecule has 106 valence electrons. The molecule has 1 N–H and O–H groups in total. The Hall–Kier alpha value is -1.67. The third kappa shape index (κ3) is 3.07. The van der Waals surface area contributed by atoms with Crippen LogP contribution in [0, 0.1) is 0 Å². The minimum Gasteiger partial charge on any atom is -0.496 e. The van der Waals surface area contributed by atoms with E-state index in [1.165, 1.54) is 23.2 Å². The fraction of sp³-hybridized carbons (Fsp3) is 0.294. The van der Waals surface area contributed by atoms with Crippen LogP contribution in [0.15, 0.2) is 48.5 Å². The van der Waals surface area contributed by atoms with Gasteiger partial charge in [0.1, 0.15) is 5.75 Å². The summed E-state index contributed by atoms with van der Waals surface area (Å²) in [6, 6.07) is 17.3. The average molecular weight is 290 g/mol. The molecule has 0 aromatic heterocycles. The Balaban J connectivity index is 0.00000147. The molecule has 0 fully saturated rings. The van der Waals surface area contributed by atoms with E-state index >= 15 is 0 Å². The molecule has 0 saturated heterocycles. The molecule has 2 nitrogen and oxygen atoms in total. The van der Waals surface area contributed by atoms with E-state index in [0.29, 0.717) is 6.04 Å². The predicted molar refractivity (Wildman–Crippen MR) is 86.1 cm³/mol. The van der Waals surface area contributed by atoms with Gasteiger partial charge in [-0.3, -0.25) is 0 Å². The van der Waals surface area contributed by atoms with Gasteiger partial charge >= 0.3 is 0 Å². The van der Waals surface area contributed by atoms with Crippen molar-refractivity contribution in [1.29, 1.82) is 0 Å². The number of fused-ring (bicyclic) bond motifs is 1. The minimum atomic E-state index is 0. The Bertz CT molecular complexity index is 542. The Labute approximate surface area is 126 Å². The zero-order chi connectivity index (χ0) is 13.1. The highest BCUT2D eigenvalue weighted by molar-refractivity contribution is 5.85. The van der Waals surface area contributed by atoms with Crippen molar-refractivity contribution in [1.82, 2.24) is 0 Å². The Morgan fingerprint density at radius 3 is 2.60 bits per heavy atom. The number of hydrogen-bond donors (Lipinski definition) is 1. The van der Waals surface area contributed by atoms with E-state index in [9.17, 15) is 0 Å². The standard InChI is InChI=1S/C17H19NO.ClH/c1-19-17-9-5-6-13-10-11-15(12-16(13)17)18-14-7-3-2-4-8-14;/h2-9,15,18H,10-12H2,1H3;1H. The topological polar surface area (TPSA) is 21.3 Å². The molecule has 0 bridgehead atoms. The third-order valence-corrected chi connectivity index (χ3v) is 3.81. The van der Waals surface area contributed by atoms with Gasteiger partial charge in [0.2, 0.25) is 0 Å². The highest BCUT2D eigenvalue weighted by Gasteiger charge is 2.21. The average Bonchev–Trinajstić information content (AvgIpc) is 2.47. The van der Waals surface area contributed by atoms with Gasteiger partial charge in [-0.25, -0.2) is 0 Å². The van der Waals surface area contributed by atoms with Crippen LogP contribution in [0.1, 0.15) is 17.5 Å². The molecule has 1 aliphatic rings. The fourth-order valence-corrected chi connectivity index (χ4v) is 2.84. The van der Waals surface area contributed by atoms with Crippen LogP contribution in [0.3, 0.4) is 0 Å². The van der Waals surface area contributed by atoms with Gasteiger partial charge in [-0.15, -0.1) is 12.4 Å². The first-order valence-corrected chi connectivity index (χ1v) is 6.83. The van der Waals surface area contributed by atoms with Crippen LogP contribution in [-0.4, -0.2) is 13.2 Å². The number of para-hydroxylation sites is 1. The van der Waals surface area contributed by atoms with Gasteiger partial charge < -0.3 is 10.1 Å². The Kier molecular flexibility index (Phi) is 4.91. The number of nitrogens with one attached hydrogen (secondary N) is 1. The molecule has 0 heterocycles. The van der Waals surface area contributed by atoms with Crippen LogP contribution >= 0.6 is 12.4 Å². The second-order valence-corrected chi connectivity index (χ2v) is 5.05. The summed E-state index contributed by atoms with van der Waals surface area (Å²) in [5.41, 5.74) is 4.00. The molecule has 1 aliphatic carbocycles. The largest absolute Gasteiger partial charge is 0.496 e. The highest BCUT2D eigenvalue weighted by atomic mass is 35.5. The summed E-state index contributed by atoms with van der Waals surface area (Å²) in [5, 5.41) is 3.62. The van der Waals surface area contributed by atoms with Crippen LogP contribution in [0.4, 0.5) is 5.69 Å². The smallest absolute Gasteiger partial charge is 0.122 e. The zero-order valence-electron chi connectivity index (χ0n) is 11.6. The minimum absolute atomic E-state index is 0. The maximum absolute atomic E-state index is 5.48. The molecule has 0 radical (unpaired) electrons. The molecule has 1 atom stereocenters. The van der Waals surface area contributed by atoms with Gasteiger partial charge in [0.15, 0.2) is 0 Å². The lowest BCUT2D eigenvalue weighted by Gasteiger charge is -2.27. The van der Waals surface area contributed by atoms with Gasteiger partial charge in [0.05, 0.1) is 7.11 Å². The molecule has 0 spiro atoms. The molecule has 2 aromatic rings. The molecule has 3 heteroatoms. The summed E-state index contributed by atoms with van der Waals surface area (Å²) in [7, 11) is 1.75. The first-order valence-electron chi connectivity index (χ1n) is 6.83. The quantitative estimate of drug-likeness (QED) is 0.919. The number of halogens is 1. The maximum atomic E-state index is 5.48. The molecular formula is C17H20ClNO. The van der Waals surface area contributed by atoms with Gasteiger partial charge in [0, 0.05) is 11.7 Å². The van der Waals surface area contributed by atoms with E-state index in [1.54, 1.807) is 7.11 Å². The van der Waals surface area contributed by atoms with E-state index in [4.69, 9.17) is 4.74 Å². The lowest BCUT2D eigenvalue weighted by molar-refractivity contribution is 0.404. The Morgan fingerprint density at radius 2 is 1.85 bits per heavy atom. The van der Waals surface area contributed by atoms with E-state index < -0.39 is 0 Å². The van der Waals surface area contributed by atoms with Crippen LogP contribution in [-0.2, 0) is 12.8 Å². The number of ether oxygens (including phenoxy) is 1. The van der Waals surface area contributed by atoms with E-state index in [2.05, 4.69) is 47.8 Å². The van der Waals surface area contributed by atoms with E-state index in [0.717, 1.165) is 18.6 Å². The van der Waals surface area contributed by atoms with Crippen molar-refractivity contribution in [3.8, 4) is 5.75 Å². The summed E-state index contributed by atoms with van der Waals surface area (Å²) in [6.45, 7) is 0. The highest BCUT2D eigenvalue weighted by Crippen LogP contribution is 2.30. The summed E-state index contributed by atoms with van der Waals surface area (Å²) >= 11 is 0. The van der Waals surface area contributed by atoms with Gasteiger partial charge in [-0.2, -0.15) is 0 Å². The monoisotopic (exact) mass is 289 g/mol. The van der Waals surface area contributed by atoms with Crippen LogP contribution in [0.25, 0.3) is 0 Å². The van der Waals surface area contributed by atoms with Crippen molar-refractivity contribution in [2.45, 2.75) is 25.3 Å². The van der Waals surface area contributed by atoms with Gasteiger partial charge in [-0.1, -0.05) is 30.3 Å². The first-order chi connectivity index (χ1) is 9.36. The van der Waals surface area contributed by atoms with Crippen molar-refractivity contribution >= 4 is 18.1 Å². The molecule has 0 aliphatic heterocycles. The fourth-order valence-electron chi connectivity index (χ4n) is 2.84. The predicted octanol–water partition coefficient (Wildman–Crippen LogP) is 4.09. The second kappa shape index (κ2) is 6.67. The van der Waals surface area contributed by atoms with Crippen molar-refractivity contribution in [2.24, 2.45) is 0 Å². The van der Waals surface area contributed by atoms with Crippen LogP contribution in [0.2, 0.25) is 0 Å². The van der Waals surface area contributed by atoms with Crippen molar-refractivity contribution in [2.75, 3.05) is 12.4 Å². The van der Waals surface area contributed by atoms with Crippen LogP contribution in [0.5, 0.6) is 5.75 Å². The molecule has 1 unspecified atom stereocenters. The summed E-state index contributed by atoms with van der Waals surface area (Å²) in [5.74, 6) is 1.03. The lowest BCUT2D eigenvalue weighted by Crippen LogP contribution is -2.27. The normalized spacial score (nSPS) is 16.8. The second-order valence-electron chi connectivity index (χ2n) is 5.05. The van der Waals surface area contributed by atoms with Crippen molar-refractivity contribution in [3.63, 3.8) is 0 Å². The molecule has 20 heavy (non-hydrogen) atoms. The summed E-state index contributed by atoms with van der Waals surface area (Å²) in [6.07, 6.45) is 3.33. The Morgan fingerprint density at radius 1 is 1.05 bits per heavy atom. The number of hydrogen-bond acceptors (Lipinski definition) is 2. The molecule has 0 amide bonds. The lowest BCUT2D eigenvalue weighted by atomic mass is 9.87. The van der Waals surface area contributed by atoms with Gasteiger partial charge in [-0.05, 0) is 48.6 Å². The van der Waals surface area contributed by atoms with Crippen LogP contribution < -0.4 is 10.1 Å². The van der Waals surface area contributed by atoms with Gasteiger partial charge in [0.25, 0.3) is 0 Å². The molecule has 3 rings (SSSR count). The SMILES string of the molecule is COc1cccc2c1CC(Nc1ccccc1)CC2.Cl. The molecular weight excluding hydrogens is 270 g/mol. The number of methoxy groups -OCH3 is 1. The molecule has 2 aromatic carbocycles. The van der Waals surface area contributed by atoms with Crippen molar-refractivity contribution in [3.05, 3.63) is 59.7 Å². The van der Waals surface area contributed by atoms with E-state index in [-0.39, 0.29) is 12.4 Å². The number of rotatable bonds is 3. The third-order valence-electron chi connectivity index (χ3n) is 3.81. The summed E-state index contributed by atoms with van der Waals surface area (Å²) < 4.78 is 5.48. The number of benzene rings is 2. The maximum Gasteiger partial charge on any atom is 0.122 e.